The molecule has 0 saturated carbocycles. The molecule has 0 spiro atoms. The Bertz CT molecular complexity index is 221. The number of ether oxygens (including phenoxy) is 1. The Morgan fingerprint density at radius 3 is 2.40 bits per heavy atom. The summed E-state index contributed by atoms with van der Waals surface area (Å²) in [5.41, 5.74) is -0.123. The predicted molar refractivity (Wildman–Crippen MR) is 56.2 cm³/mol. The van der Waals surface area contributed by atoms with Crippen molar-refractivity contribution in [3.05, 3.63) is 6.42 Å². The zero-order chi connectivity index (χ0) is 11.9. The molecule has 4 nitrogen and oxygen atoms in total. The smallest absolute Gasteiger partial charge is 0.305 e. The van der Waals surface area contributed by atoms with Crippen LogP contribution < -0.4 is 0 Å². The molecule has 15 heavy (non-hydrogen) atoms. The van der Waals surface area contributed by atoms with E-state index in [1.165, 1.54) is 0 Å². The van der Waals surface area contributed by atoms with Gasteiger partial charge in [0.15, 0.2) is 0 Å². The molecule has 0 saturated heterocycles. The predicted octanol–water partition coefficient (Wildman–Crippen LogP) is 2.03. The summed E-state index contributed by atoms with van der Waals surface area (Å²) in [4.78, 5) is 21.3. The standard InChI is InChI=1S/C11H19O4/c1-4-11(2,3)8-15-10(14)7-5-6-9(12)13/h4H,5-8H2,1-3H3,(H,12,13). The van der Waals surface area contributed by atoms with Crippen LogP contribution in [-0.2, 0) is 14.3 Å². The fourth-order valence-corrected chi connectivity index (χ4v) is 0.806. The molecule has 0 fully saturated rings. The van der Waals surface area contributed by atoms with Crippen LogP contribution in [0, 0.1) is 11.8 Å². The van der Waals surface area contributed by atoms with Crippen molar-refractivity contribution in [1.29, 1.82) is 0 Å². The third kappa shape index (κ3) is 7.97. The Kier molecular flexibility index (Phi) is 5.97. The summed E-state index contributed by atoms with van der Waals surface area (Å²) in [6, 6.07) is 0. The van der Waals surface area contributed by atoms with Crippen LogP contribution in [0.15, 0.2) is 0 Å². The van der Waals surface area contributed by atoms with Gasteiger partial charge in [-0.15, -0.1) is 0 Å². The first kappa shape index (κ1) is 13.9. The van der Waals surface area contributed by atoms with E-state index in [1.54, 1.807) is 0 Å². The largest absolute Gasteiger partial charge is 0.481 e. The van der Waals surface area contributed by atoms with E-state index in [-0.39, 0.29) is 24.2 Å². The molecule has 0 aromatic carbocycles. The molecule has 0 rings (SSSR count). The van der Waals surface area contributed by atoms with Crippen LogP contribution in [0.3, 0.4) is 0 Å². The quantitative estimate of drug-likeness (QED) is 0.660. The molecule has 4 heteroatoms. The normalized spacial score (nSPS) is 11.1. The van der Waals surface area contributed by atoms with Crippen molar-refractivity contribution >= 4 is 11.9 Å². The molecular formula is C11H19O4. The zero-order valence-corrected chi connectivity index (χ0v) is 9.58. The molecule has 0 amide bonds. The monoisotopic (exact) mass is 215 g/mol. The van der Waals surface area contributed by atoms with Crippen LogP contribution in [0.1, 0.15) is 40.0 Å². The first-order chi connectivity index (χ1) is 6.87. The maximum atomic E-state index is 11.2. The molecule has 0 aliphatic heterocycles. The molecule has 0 aliphatic rings. The summed E-state index contributed by atoms with van der Waals surface area (Å²) in [5, 5.41) is 8.37. The van der Waals surface area contributed by atoms with Crippen molar-refractivity contribution in [2.75, 3.05) is 6.61 Å². The summed E-state index contributed by atoms with van der Waals surface area (Å²) in [6.07, 6.45) is 2.49. The van der Waals surface area contributed by atoms with E-state index in [0.717, 1.165) is 0 Å². The van der Waals surface area contributed by atoms with Gasteiger partial charge >= 0.3 is 11.9 Å². The lowest BCUT2D eigenvalue weighted by Gasteiger charge is -2.21. The molecule has 0 heterocycles. The van der Waals surface area contributed by atoms with Gasteiger partial charge in [-0.25, -0.2) is 0 Å². The second-order valence-corrected chi connectivity index (χ2v) is 4.19. The fourth-order valence-electron chi connectivity index (χ4n) is 0.806. The molecule has 0 unspecified atom stereocenters. The molecule has 1 N–H and O–H groups in total. The lowest BCUT2D eigenvalue weighted by molar-refractivity contribution is -0.146. The second-order valence-electron chi connectivity index (χ2n) is 4.19. The minimum atomic E-state index is -0.884. The molecule has 0 atom stereocenters. The highest BCUT2D eigenvalue weighted by molar-refractivity contribution is 5.71. The lowest BCUT2D eigenvalue weighted by Crippen LogP contribution is -2.21. The molecule has 0 aliphatic carbocycles. The van der Waals surface area contributed by atoms with Gasteiger partial charge in [-0.05, 0) is 12.8 Å². The number of aliphatic carboxylic acids is 1. The van der Waals surface area contributed by atoms with Gasteiger partial charge in [-0.2, -0.15) is 0 Å². The summed E-state index contributed by atoms with van der Waals surface area (Å²) < 4.78 is 5.02. The van der Waals surface area contributed by atoms with Crippen molar-refractivity contribution in [1.82, 2.24) is 0 Å². The number of carboxylic acids is 1. The number of carbonyl (C=O) groups excluding carboxylic acids is 1. The minimum absolute atomic E-state index is 0.0123. The van der Waals surface area contributed by atoms with Crippen molar-refractivity contribution in [3.63, 3.8) is 0 Å². The third-order valence-electron chi connectivity index (χ3n) is 2.16. The SMILES string of the molecule is C[CH]C(C)(C)COC(=O)CCCC(=O)O. The van der Waals surface area contributed by atoms with Gasteiger partial charge in [0.1, 0.15) is 0 Å². The molecular weight excluding hydrogens is 196 g/mol. The highest BCUT2D eigenvalue weighted by Gasteiger charge is 2.17. The van der Waals surface area contributed by atoms with Crippen molar-refractivity contribution in [3.8, 4) is 0 Å². The first-order valence-corrected chi connectivity index (χ1v) is 5.05. The molecule has 0 bridgehead atoms. The van der Waals surface area contributed by atoms with E-state index >= 15 is 0 Å². The minimum Gasteiger partial charge on any atom is -0.481 e. The highest BCUT2D eigenvalue weighted by Crippen LogP contribution is 2.18. The average Bonchev–Trinajstić information content (AvgIpc) is 2.14. The lowest BCUT2D eigenvalue weighted by atomic mass is 9.92. The molecule has 0 aromatic heterocycles. The van der Waals surface area contributed by atoms with Crippen LogP contribution in [0.2, 0.25) is 0 Å². The summed E-state index contributed by atoms with van der Waals surface area (Å²) in [5.74, 6) is -1.21. The number of carbonyl (C=O) groups is 2. The Hall–Kier alpha value is -1.06. The Morgan fingerprint density at radius 1 is 1.33 bits per heavy atom. The molecule has 87 valence electrons. The Labute approximate surface area is 90.6 Å². The van der Waals surface area contributed by atoms with E-state index in [9.17, 15) is 9.59 Å². The Balaban J connectivity index is 3.62. The summed E-state index contributed by atoms with van der Waals surface area (Å²) >= 11 is 0. The fraction of sp³-hybridized carbons (Fsp3) is 0.727. The average molecular weight is 215 g/mol. The van der Waals surface area contributed by atoms with Crippen LogP contribution in [0.5, 0.6) is 0 Å². The maximum Gasteiger partial charge on any atom is 0.305 e. The number of hydrogen-bond acceptors (Lipinski definition) is 3. The van der Waals surface area contributed by atoms with Gasteiger partial charge in [0.25, 0.3) is 0 Å². The van der Waals surface area contributed by atoms with Gasteiger partial charge in [-0.3, -0.25) is 9.59 Å². The van der Waals surface area contributed by atoms with Crippen molar-refractivity contribution < 1.29 is 19.4 Å². The summed E-state index contributed by atoms with van der Waals surface area (Å²) in [6.45, 7) is 6.20. The number of esters is 1. The number of hydrogen-bond donors (Lipinski definition) is 1. The van der Waals surface area contributed by atoms with Crippen LogP contribution >= 0.6 is 0 Å². The Morgan fingerprint density at radius 2 is 1.93 bits per heavy atom. The first-order valence-electron chi connectivity index (χ1n) is 5.05. The van der Waals surface area contributed by atoms with E-state index in [1.807, 2.05) is 27.2 Å². The van der Waals surface area contributed by atoms with Crippen LogP contribution in [-0.4, -0.2) is 23.7 Å². The topological polar surface area (TPSA) is 63.6 Å². The third-order valence-corrected chi connectivity index (χ3v) is 2.16. The molecule has 1 radical (unpaired) electrons. The molecule has 0 aromatic rings. The number of rotatable bonds is 7. The van der Waals surface area contributed by atoms with Gasteiger partial charge in [0.05, 0.1) is 6.61 Å². The van der Waals surface area contributed by atoms with Crippen LogP contribution in [0.25, 0.3) is 0 Å². The van der Waals surface area contributed by atoms with Gasteiger partial charge < -0.3 is 9.84 Å². The van der Waals surface area contributed by atoms with E-state index in [2.05, 4.69) is 0 Å². The van der Waals surface area contributed by atoms with Gasteiger partial charge in [-0.1, -0.05) is 20.8 Å². The summed E-state index contributed by atoms with van der Waals surface area (Å²) in [7, 11) is 0. The van der Waals surface area contributed by atoms with E-state index < -0.39 is 5.97 Å². The number of carboxylic acid groups (broad SMARTS) is 1. The highest BCUT2D eigenvalue weighted by atomic mass is 16.5. The zero-order valence-electron chi connectivity index (χ0n) is 9.58. The van der Waals surface area contributed by atoms with Crippen LogP contribution in [0.4, 0.5) is 0 Å². The van der Waals surface area contributed by atoms with Crippen molar-refractivity contribution in [2.45, 2.75) is 40.0 Å². The van der Waals surface area contributed by atoms with Gasteiger partial charge in [0.2, 0.25) is 0 Å². The van der Waals surface area contributed by atoms with Gasteiger partial charge in [0, 0.05) is 18.3 Å². The van der Waals surface area contributed by atoms with Crippen molar-refractivity contribution in [2.24, 2.45) is 5.41 Å². The van der Waals surface area contributed by atoms with E-state index in [0.29, 0.717) is 13.0 Å². The second kappa shape index (κ2) is 6.43. The maximum absolute atomic E-state index is 11.2. The van der Waals surface area contributed by atoms with E-state index in [4.69, 9.17) is 9.84 Å².